The number of halogens is 2. The molecule has 0 aliphatic heterocycles. The Morgan fingerprint density at radius 3 is 2.52 bits per heavy atom. The number of rotatable bonds is 5. The molecule has 4 N–H and O–H groups in total. The average molecular weight is 617 g/mol. The van der Waals surface area contributed by atoms with Gasteiger partial charge in [0.25, 0.3) is 5.91 Å². The molecule has 0 saturated heterocycles. The van der Waals surface area contributed by atoms with Crippen molar-refractivity contribution in [1.82, 2.24) is 9.97 Å². The van der Waals surface area contributed by atoms with Gasteiger partial charge in [0.05, 0.1) is 15.7 Å². The predicted octanol–water partition coefficient (Wildman–Crippen LogP) is 3.87. The van der Waals surface area contributed by atoms with Crippen LogP contribution in [0, 0.1) is 5.82 Å². The zero-order valence-electron chi connectivity index (χ0n) is 13.6. The van der Waals surface area contributed by atoms with Gasteiger partial charge in [-0.25, -0.2) is 9.37 Å². The number of nitrogens with two attached hydrogens (primary N) is 1. The van der Waals surface area contributed by atoms with Crippen LogP contribution in [-0.4, -0.2) is 15.9 Å². The number of primary amides is 1. The summed E-state index contributed by atoms with van der Waals surface area (Å²) in [5.41, 5.74) is 5.99. The molecule has 0 atom stereocenters. The molecule has 0 bridgehead atoms. The van der Waals surface area contributed by atoms with E-state index in [1.54, 1.807) is 24.3 Å². The summed E-state index contributed by atoms with van der Waals surface area (Å²) in [6.45, 7) is 0. The SMILES string of the molecule is NC(=O)c1c(F)cccc1Nc1nc(Nc2ccc([S-])cc2)ncc1Br.[W]. The molecule has 0 fully saturated rings. The van der Waals surface area contributed by atoms with Crippen molar-refractivity contribution >= 4 is 57.6 Å². The van der Waals surface area contributed by atoms with Gasteiger partial charge in [-0.1, -0.05) is 18.2 Å². The Balaban J connectivity index is 0.00000261. The van der Waals surface area contributed by atoms with E-state index in [1.165, 1.54) is 18.3 Å². The molecule has 1 heterocycles. The second-order valence-electron chi connectivity index (χ2n) is 5.19. The van der Waals surface area contributed by atoms with Crippen LogP contribution in [0.2, 0.25) is 0 Å². The summed E-state index contributed by atoms with van der Waals surface area (Å²) in [4.78, 5) is 20.8. The predicted molar refractivity (Wildman–Crippen MR) is 103 cm³/mol. The number of anilines is 4. The van der Waals surface area contributed by atoms with Crippen molar-refractivity contribution in [2.45, 2.75) is 4.90 Å². The van der Waals surface area contributed by atoms with Crippen molar-refractivity contribution < 1.29 is 30.3 Å². The van der Waals surface area contributed by atoms with Crippen LogP contribution >= 0.6 is 15.9 Å². The quantitative estimate of drug-likeness (QED) is 0.377. The molecule has 27 heavy (non-hydrogen) atoms. The van der Waals surface area contributed by atoms with E-state index in [0.717, 1.165) is 16.6 Å². The summed E-state index contributed by atoms with van der Waals surface area (Å²) >= 11 is 8.37. The van der Waals surface area contributed by atoms with Crippen molar-refractivity contribution in [3.63, 3.8) is 0 Å². The Morgan fingerprint density at radius 1 is 1.15 bits per heavy atom. The molecule has 1 amide bonds. The second kappa shape index (κ2) is 9.21. The van der Waals surface area contributed by atoms with Crippen molar-refractivity contribution in [3.05, 3.63) is 64.5 Å². The first-order valence-corrected chi connectivity index (χ1v) is 8.56. The molecular weight excluding hydrogens is 605 g/mol. The minimum atomic E-state index is -0.877. The Hall–Kier alpha value is -2.09. The standard InChI is InChI=1S/C17H13BrFN5OS.W/c18-11-8-21-17(22-9-4-6-10(26)7-5-9)24-16(11)23-13-3-1-2-12(19)14(13)15(20)25;/h1-8,26H,(H2,20,25)(H2,21,22,23,24);/p-1. The van der Waals surface area contributed by atoms with Crippen LogP contribution in [0.15, 0.2) is 58.0 Å². The molecule has 6 nitrogen and oxygen atoms in total. The van der Waals surface area contributed by atoms with Gasteiger partial charge in [0.1, 0.15) is 11.6 Å². The molecule has 3 rings (SSSR count). The van der Waals surface area contributed by atoms with Crippen LogP contribution in [0.3, 0.4) is 0 Å². The molecule has 0 aliphatic rings. The van der Waals surface area contributed by atoms with Gasteiger partial charge in [0.2, 0.25) is 5.95 Å². The molecule has 1 aromatic heterocycles. The number of hydrogen-bond acceptors (Lipinski definition) is 6. The maximum absolute atomic E-state index is 13.9. The van der Waals surface area contributed by atoms with Gasteiger partial charge in [-0.2, -0.15) is 9.88 Å². The van der Waals surface area contributed by atoms with Crippen molar-refractivity contribution in [1.29, 1.82) is 0 Å². The van der Waals surface area contributed by atoms with Crippen LogP contribution in [0.5, 0.6) is 0 Å². The van der Waals surface area contributed by atoms with Crippen LogP contribution in [0.1, 0.15) is 10.4 Å². The molecule has 0 spiro atoms. The van der Waals surface area contributed by atoms with E-state index in [1.807, 2.05) is 0 Å². The first-order valence-electron chi connectivity index (χ1n) is 7.36. The molecule has 0 saturated carbocycles. The molecule has 2 aromatic carbocycles. The van der Waals surface area contributed by atoms with E-state index in [9.17, 15) is 9.18 Å². The summed E-state index contributed by atoms with van der Waals surface area (Å²) in [6, 6.07) is 11.3. The van der Waals surface area contributed by atoms with Crippen LogP contribution in [-0.2, 0) is 33.7 Å². The monoisotopic (exact) mass is 616 g/mol. The number of carbonyl (C=O) groups is 1. The molecule has 0 radical (unpaired) electrons. The van der Waals surface area contributed by atoms with Crippen molar-refractivity contribution in [3.8, 4) is 0 Å². The van der Waals surface area contributed by atoms with Gasteiger partial charge in [-0.15, -0.1) is 0 Å². The minimum Gasteiger partial charge on any atom is -0.780 e. The Labute approximate surface area is 183 Å². The molecule has 0 aliphatic carbocycles. The third kappa shape index (κ3) is 5.22. The number of aromatic nitrogens is 2. The topological polar surface area (TPSA) is 92.9 Å². The fourth-order valence-corrected chi connectivity index (χ4v) is 2.61. The van der Waals surface area contributed by atoms with Gasteiger partial charge in [-0.3, -0.25) is 4.79 Å². The van der Waals surface area contributed by atoms with Gasteiger partial charge in [-0.05, 0) is 40.2 Å². The summed E-state index contributed by atoms with van der Waals surface area (Å²) in [6.07, 6.45) is 1.53. The van der Waals surface area contributed by atoms with E-state index in [-0.39, 0.29) is 32.3 Å². The zero-order chi connectivity index (χ0) is 18.7. The fraction of sp³-hybridized carbons (Fsp3) is 0. The summed E-state index contributed by atoms with van der Waals surface area (Å²) in [5.74, 6) is -0.937. The molecule has 0 unspecified atom stereocenters. The first kappa shape index (κ1) is 21.2. The van der Waals surface area contributed by atoms with Gasteiger partial charge in [0, 0.05) is 32.9 Å². The molecule has 3 aromatic rings. The van der Waals surface area contributed by atoms with Crippen molar-refractivity contribution in [2.75, 3.05) is 10.6 Å². The smallest absolute Gasteiger partial charge is 0.253 e. The number of nitrogens with zero attached hydrogens (tertiary/aromatic N) is 2. The van der Waals surface area contributed by atoms with E-state index in [0.29, 0.717) is 16.2 Å². The van der Waals surface area contributed by atoms with Crippen molar-refractivity contribution in [2.24, 2.45) is 5.73 Å². The first-order chi connectivity index (χ1) is 12.4. The van der Waals surface area contributed by atoms with E-state index in [2.05, 4.69) is 36.5 Å². The zero-order valence-corrected chi connectivity index (χ0v) is 18.9. The van der Waals surface area contributed by atoms with Crippen LogP contribution in [0.4, 0.5) is 27.5 Å². The van der Waals surface area contributed by atoms with Gasteiger partial charge < -0.3 is 29.0 Å². The molecular formula is C17H12BrFN5OSW-. The van der Waals surface area contributed by atoms with Gasteiger partial charge >= 0.3 is 0 Å². The van der Waals surface area contributed by atoms with E-state index < -0.39 is 11.7 Å². The Bertz CT molecular complexity index is 974. The summed E-state index contributed by atoms with van der Waals surface area (Å²) < 4.78 is 14.4. The third-order valence-corrected chi connectivity index (χ3v) is 4.22. The number of carbonyl (C=O) groups excluding carboxylic acids is 1. The maximum Gasteiger partial charge on any atom is 0.253 e. The number of amides is 1. The normalized spacial score (nSPS) is 10.0. The number of hydrogen-bond donors (Lipinski definition) is 3. The fourth-order valence-electron chi connectivity index (χ4n) is 2.19. The summed E-state index contributed by atoms with van der Waals surface area (Å²) in [7, 11) is 0. The largest absolute Gasteiger partial charge is 0.780 e. The van der Waals surface area contributed by atoms with Gasteiger partial charge in [0.15, 0.2) is 0 Å². The number of nitrogens with one attached hydrogen (secondary N) is 2. The minimum absolute atomic E-state index is 0. The maximum atomic E-state index is 13.9. The number of benzene rings is 2. The second-order valence-corrected chi connectivity index (χ2v) is 6.52. The van der Waals surface area contributed by atoms with Crippen LogP contribution in [0.25, 0.3) is 0 Å². The third-order valence-electron chi connectivity index (χ3n) is 3.37. The Kier molecular flexibility index (Phi) is 7.24. The summed E-state index contributed by atoms with van der Waals surface area (Å²) in [5, 5.41) is 5.94. The average Bonchev–Trinajstić information content (AvgIpc) is 2.59. The molecule has 10 heteroatoms. The molecule has 138 valence electrons. The van der Waals surface area contributed by atoms with E-state index >= 15 is 0 Å². The van der Waals surface area contributed by atoms with Crippen LogP contribution < -0.4 is 16.4 Å². The Morgan fingerprint density at radius 2 is 1.85 bits per heavy atom. The van der Waals surface area contributed by atoms with E-state index in [4.69, 9.17) is 18.4 Å².